The maximum atomic E-state index is 12.1. The molecule has 0 bridgehead atoms. The molecule has 0 saturated carbocycles. The number of benzene rings is 1. The quantitative estimate of drug-likeness (QED) is 0.379. The van der Waals surface area contributed by atoms with Gasteiger partial charge in [0.25, 0.3) is 0 Å². The van der Waals surface area contributed by atoms with E-state index in [9.17, 15) is 4.79 Å². The van der Waals surface area contributed by atoms with Crippen molar-refractivity contribution < 1.29 is 4.79 Å². The summed E-state index contributed by atoms with van der Waals surface area (Å²) >= 11 is 24.2. The summed E-state index contributed by atoms with van der Waals surface area (Å²) < 4.78 is 1.87. The van der Waals surface area contributed by atoms with E-state index in [1.165, 1.54) is 0 Å². The number of aryl methyl sites for hydroxylation is 1. The zero-order valence-corrected chi connectivity index (χ0v) is 14.7. The largest absolute Gasteiger partial charge is 0.316 e. The first-order valence-electron chi connectivity index (χ1n) is 6.26. The van der Waals surface area contributed by atoms with E-state index < -0.39 is 5.38 Å². The van der Waals surface area contributed by atoms with Crippen molar-refractivity contribution in [1.29, 1.82) is 0 Å². The van der Waals surface area contributed by atoms with Crippen molar-refractivity contribution in [3.05, 3.63) is 50.2 Å². The lowest BCUT2D eigenvalue weighted by Crippen LogP contribution is -2.11. The molecule has 1 aromatic carbocycles. The van der Waals surface area contributed by atoms with Gasteiger partial charge in [-0.25, -0.2) is 0 Å². The smallest absolute Gasteiger partial charge is 0.182 e. The van der Waals surface area contributed by atoms with E-state index in [0.717, 1.165) is 11.4 Å². The summed E-state index contributed by atoms with van der Waals surface area (Å²) in [5.41, 5.74) is 2.90. The number of nitrogens with zero attached hydrogens (tertiary/aromatic N) is 1. The number of halogens is 4. The lowest BCUT2D eigenvalue weighted by Gasteiger charge is -2.13. The molecule has 0 aliphatic carbocycles. The third-order valence-corrected chi connectivity index (χ3v) is 4.51. The number of hydrogen-bond acceptors (Lipinski definition) is 1. The Kier molecular flexibility index (Phi) is 4.94. The van der Waals surface area contributed by atoms with Crippen LogP contribution in [0.1, 0.15) is 28.7 Å². The fourth-order valence-corrected chi connectivity index (χ4v) is 3.02. The van der Waals surface area contributed by atoms with E-state index in [-0.39, 0.29) is 5.78 Å². The first-order valence-corrected chi connectivity index (χ1v) is 7.83. The Morgan fingerprint density at radius 3 is 2.19 bits per heavy atom. The number of ketones is 1. The number of Topliss-reactive ketones (excluding diaryl/α,β-unsaturated/α-hetero) is 1. The normalized spacial score (nSPS) is 12.5. The fraction of sp³-hybridized carbons (Fsp3) is 0.267. The van der Waals surface area contributed by atoms with E-state index in [1.54, 1.807) is 25.1 Å². The third-order valence-electron chi connectivity index (χ3n) is 3.29. The minimum Gasteiger partial charge on any atom is -0.316 e. The van der Waals surface area contributed by atoms with Gasteiger partial charge in [-0.1, -0.05) is 34.8 Å². The predicted octanol–water partition coefficient (Wildman–Crippen LogP) is 5.86. The molecule has 112 valence electrons. The highest BCUT2D eigenvalue weighted by molar-refractivity contribution is 6.43. The predicted molar refractivity (Wildman–Crippen MR) is 89.9 cm³/mol. The summed E-state index contributed by atoms with van der Waals surface area (Å²) in [5, 5.41) is 0.674. The first kappa shape index (κ1) is 16.7. The highest BCUT2D eigenvalue weighted by atomic mass is 35.5. The van der Waals surface area contributed by atoms with Gasteiger partial charge in [0.1, 0.15) is 0 Å². The molecule has 0 aliphatic rings. The van der Waals surface area contributed by atoms with Crippen LogP contribution in [0.25, 0.3) is 5.69 Å². The molecule has 1 heterocycles. The molecule has 6 heteroatoms. The minimum atomic E-state index is -0.580. The molecule has 1 unspecified atom stereocenters. The van der Waals surface area contributed by atoms with Gasteiger partial charge in [-0.3, -0.25) is 4.79 Å². The summed E-state index contributed by atoms with van der Waals surface area (Å²) in [5.74, 6) is -0.118. The second kappa shape index (κ2) is 6.21. The van der Waals surface area contributed by atoms with Gasteiger partial charge in [0.15, 0.2) is 5.78 Å². The molecule has 0 spiro atoms. The minimum absolute atomic E-state index is 0.118. The Hall–Kier alpha value is -0.670. The molecule has 0 amide bonds. The zero-order chi connectivity index (χ0) is 15.9. The highest BCUT2D eigenvalue weighted by Crippen LogP contribution is 2.33. The molecule has 2 aromatic rings. The van der Waals surface area contributed by atoms with E-state index in [4.69, 9.17) is 46.4 Å². The summed E-state index contributed by atoms with van der Waals surface area (Å²) in [6.07, 6.45) is 0. The summed E-state index contributed by atoms with van der Waals surface area (Å²) in [6, 6.07) is 5.07. The Balaban J connectivity index is 2.66. The molecule has 21 heavy (non-hydrogen) atoms. The molecule has 2 nitrogen and oxygen atoms in total. The number of hydrogen-bond donors (Lipinski definition) is 0. The zero-order valence-electron chi connectivity index (χ0n) is 11.7. The summed E-state index contributed by atoms with van der Waals surface area (Å²) in [6.45, 7) is 5.39. The molecule has 0 radical (unpaired) electrons. The van der Waals surface area contributed by atoms with Crippen LogP contribution in [-0.2, 0) is 0 Å². The molecule has 0 fully saturated rings. The number of carbonyl (C=O) groups is 1. The summed E-state index contributed by atoms with van der Waals surface area (Å²) in [7, 11) is 0. The van der Waals surface area contributed by atoms with Gasteiger partial charge in [-0.05, 0) is 39.0 Å². The maximum Gasteiger partial charge on any atom is 0.182 e. The van der Waals surface area contributed by atoms with Crippen LogP contribution in [0.5, 0.6) is 0 Å². The van der Waals surface area contributed by atoms with Crippen LogP contribution in [0.4, 0.5) is 0 Å². The Labute approximate surface area is 143 Å². The average molecular weight is 365 g/mol. The molecular weight excluding hydrogens is 352 g/mol. The van der Waals surface area contributed by atoms with Crippen molar-refractivity contribution in [1.82, 2.24) is 4.57 Å². The molecule has 0 aliphatic heterocycles. The molecule has 0 saturated heterocycles. The van der Waals surface area contributed by atoms with Crippen molar-refractivity contribution in [2.75, 3.05) is 0 Å². The lowest BCUT2D eigenvalue weighted by molar-refractivity contribution is 0.0991. The van der Waals surface area contributed by atoms with Gasteiger partial charge in [-0.2, -0.15) is 0 Å². The van der Waals surface area contributed by atoms with Crippen LogP contribution in [0.3, 0.4) is 0 Å². The fourth-order valence-electron chi connectivity index (χ4n) is 2.28. The third kappa shape index (κ3) is 3.09. The maximum absolute atomic E-state index is 12.1. The monoisotopic (exact) mass is 363 g/mol. The van der Waals surface area contributed by atoms with Crippen molar-refractivity contribution in [3.8, 4) is 5.69 Å². The second-order valence-corrected chi connectivity index (χ2v) is 6.69. The van der Waals surface area contributed by atoms with Crippen molar-refractivity contribution in [3.63, 3.8) is 0 Å². The topological polar surface area (TPSA) is 22.0 Å². The van der Waals surface area contributed by atoms with Gasteiger partial charge < -0.3 is 4.57 Å². The van der Waals surface area contributed by atoms with Crippen LogP contribution in [0, 0.1) is 13.8 Å². The average Bonchev–Trinajstić information content (AvgIpc) is 2.68. The van der Waals surface area contributed by atoms with Crippen LogP contribution >= 0.6 is 46.4 Å². The number of aromatic nitrogens is 1. The number of carbonyl (C=O) groups excluding carboxylic acids is 1. The van der Waals surface area contributed by atoms with Gasteiger partial charge in [0, 0.05) is 17.0 Å². The van der Waals surface area contributed by atoms with Crippen molar-refractivity contribution in [2.45, 2.75) is 26.1 Å². The molecule has 0 N–H and O–H groups in total. The van der Waals surface area contributed by atoms with Crippen LogP contribution < -0.4 is 0 Å². The molecular formula is C15H13Cl4NO. The number of alkyl halides is 1. The molecule has 2 rings (SSSR count). The Morgan fingerprint density at radius 2 is 1.62 bits per heavy atom. The van der Waals surface area contributed by atoms with Gasteiger partial charge in [0.2, 0.25) is 0 Å². The van der Waals surface area contributed by atoms with E-state index in [1.807, 2.05) is 18.4 Å². The second-order valence-electron chi connectivity index (χ2n) is 4.82. The summed E-state index contributed by atoms with van der Waals surface area (Å²) in [4.78, 5) is 12.1. The Morgan fingerprint density at radius 1 is 1.05 bits per heavy atom. The Bertz CT molecular complexity index is 719. The van der Waals surface area contributed by atoms with Crippen LogP contribution in [0.15, 0.2) is 18.2 Å². The van der Waals surface area contributed by atoms with E-state index in [0.29, 0.717) is 26.3 Å². The SMILES string of the molecule is Cc1cc(C(=O)C(C)Cl)c(C)n1-c1cc(Cl)c(Cl)cc1Cl. The molecule has 1 aromatic heterocycles. The van der Waals surface area contributed by atoms with Gasteiger partial charge in [0.05, 0.1) is 26.1 Å². The first-order chi connectivity index (χ1) is 9.73. The highest BCUT2D eigenvalue weighted by Gasteiger charge is 2.21. The van der Waals surface area contributed by atoms with Crippen molar-refractivity contribution >= 4 is 52.2 Å². The van der Waals surface area contributed by atoms with Gasteiger partial charge >= 0.3 is 0 Å². The molecule has 1 atom stereocenters. The van der Waals surface area contributed by atoms with Gasteiger partial charge in [-0.15, -0.1) is 11.6 Å². The standard InChI is InChI=1S/C15H13Cl4NO/c1-7-4-10(15(21)8(2)16)9(3)20(7)14-6-12(18)11(17)5-13(14)19/h4-6,8H,1-3H3. The van der Waals surface area contributed by atoms with Crippen LogP contribution in [-0.4, -0.2) is 15.7 Å². The van der Waals surface area contributed by atoms with E-state index in [2.05, 4.69) is 0 Å². The van der Waals surface area contributed by atoms with E-state index >= 15 is 0 Å². The van der Waals surface area contributed by atoms with Crippen molar-refractivity contribution in [2.24, 2.45) is 0 Å². The lowest BCUT2D eigenvalue weighted by atomic mass is 10.1. The van der Waals surface area contributed by atoms with Crippen LogP contribution in [0.2, 0.25) is 15.1 Å². The number of rotatable bonds is 3.